The van der Waals surface area contributed by atoms with Crippen molar-refractivity contribution in [3.63, 3.8) is 0 Å². The zero-order valence-electron chi connectivity index (χ0n) is 14.0. The van der Waals surface area contributed by atoms with Crippen molar-refractivity contribution >= 4 is 24.5 Å². The zero-order valence-corrected chi connectivity index (χ0v) is 14.8. The molecule has 0 saturated carbocycles. The smallest absolute Gasteiger partial charge is 0.304 e. The number of nitrogens with one attached hydrogen (secondary N) is 1. The standard InChI is InChI=1S/C18H27NO3.ClH/c1-15(2)5-4-14-22-17-9-7-16(8-10-17)6-3-12-19-13-11-18(20)21;/h3,6-10,15,19H,4-5,11-14H2,1-2H3,(H,20,21);1H/b6-3+;. The molecule has 1 aromatic carbocycles. The van der Waals surface area contributed by atoms with Gasteiger partial charge < -0.3 is 15.2 Å². The maximum atomic E-state index is 10.3. The van der Waals surface area contributed by atoms with E-state index >= 15 is 0 Å². The Hall–Kier alpha value is -1.52. The van der Waals surface area contributed by atoms with E-state index in [2.05, 4.69) is 19.2 Å². The minimum Gasteiger partial charge on any atom is -0.494 e. The van der Waals surface area contributed by atoms with E-state index in [9.17, 15) is 4.79 Å². The molecule has 0 bridgehead atoms. The number of benzene rings is 1. The molecule has 0 unspecified atom stereocenters. The third kappa shape index (κ3) is 11.7. The molecule has 0 aliphatic carbocycles. The number of hydrogen-bond donors (Lipinski definition) is 2. The Balaban J connectivity index is 0.00000484. The Bertz CT molecular complexity index is 458. The molecule has 2 N–H and O–H groups in total. The molecule has 0 spiro atoms. The van der Waals surface area contributed by atoms with E-state index in [0.29, 0.717) is 13.1 Å². The van der Waals surface area contributed by atoms with E-state index in [4.69, 9.17) is 9.84 Å². The number of hydrogen-bond acceptors (Lipinski definition) is 3. The first kappa shape index (κ1) is 21.5. The minimum absolute atomic E-state index is 0. The van der Waals surface area contributed by atoms with Gasteiger partial charge in [-0.1, -0.05) is 38.1 Å². The van der Waals surface area contributed by atoms with Crippen LogP contribution in [0.4, 0.5) is 0 Å². The molecule has 0 fully saturated rings. The highest BCUT2D eigenvalue weighted by atomic mass is 35.5. The third-order valence-electron chi connectivity index (χ3n) is 3.16. The number of carboxylic acid groups (broad SMARTS) is 1. The van der Waals surface area contributed by atoms with Crippen LogP contribution in [0.2, 0.25) is 0 Å². The van der Waals surface area contributed by atoms with E-state index in [0.717, 1.165) is 30.3 Å². The number of ether oxygens (including phenoxy) is 1. The highest BCUT2D eigenvalue weighted by molar-refractivity contribution is 5.85. The fourth-order valence-corrected chi connectivity index (χ4v) is 1.93. The SMILES string of the molecule is CC(C)CCCOc1ccc(/C=C/CNCCC(=O)O)cc1.Cl. The van der Waals surface area contributed by atoms with Crippen molar-refractivity contribution in [2.75, 3.05) is 19.7 Å². The molecular formula is C18H28ClNO3. The van der Waals surface area contributed by atoms with E-state index in [1.165, 1.54) is 6.42 Å². The molecule has 0 heterocycles. The van der Waals surface area contributed by atoms with Crippen LogP contribution in [-0.2, 0) is 4.79 Å². The van der Waals surface area contributed by atoms with Gasteiger partial charge in [-0.3, -0.25) is 4.79 Å². The van der Waals surface area contributed by atoms with Crippen LogP contribution in [0.25, 0.3) is 6.08 Å². The first-order valence-corrected chi connectivity index (χ1v) is 7.90. The van der Waals surface area contributed by atoms with Gasteiger partial charge in [-0.05, 0) is 36.5 Å². The summed E-state index contributed by atoms with van der Waals surface area (Å²) in [6.07, 6.45) is 6.42. The predicted octanol–water partition coefficient (Wildman–Crippen LogP) is 4.00. The summed E-state index contributed by atoms with van der Waals surface area (Å²) < 4.78 is 5.70. The normalized spacial score (nSPS) is 10.7. The quantitative estimate of drug-likeness (QED) is 0.597. The van der Waals surface area contributed by atoms with E-state index in [1.807, 2.05) is 36.4 Å². The number of carbonyl (C=O) groups is 1. The largest absolute Gasteiger partial charge is 0.494 e. The Kier molecular flexibility index (Phi) is 12.1. The second kappa shape index (κ2) is 13.0. The zero-order chi connectivity index (χ0) is 16.2. The van der Waals surface area contributed by atoms with Crippen LogP contribution < -0.4 is 10.1 Å². The predicted molar refractivity (Wildman–Crippen MR) is 97.4 cm³/mol. The number of halogens is 1. The van der Waals surface area contributed by atoms with Crippen molar-refractivity contribution in [3.8, 4) is 5.75 Å². The Morgan fingerprint density at radius 3 is 2.61 bits per heavy atom. The third-order valence-corrected chi connectivity index (χ3v) is 3.16. The lowest BCUT2D eigenvalue weighted by Gasteiger charge is -2.07. The van der Waals surface area contributed by atoms with Gasteiger partial charge >= 0.3 is 5.97 Å². The van der Waals surface area contributed by atoms with Crippen LogP contribution in [-0.4, -0.2) is 30.8 Å². The van der Waals surface area contributed by atoms with Gasteiger partial charge in [-0.15, -0.1) is 12.4 Å². The lowest BCUT2D eigenvalue weighted by molar-refractivity contribution is -0.136. The molecule has 4 nitrogen and oxygen atoms in total. The summed E-state index contributed by atoms with van der Waals surface area (Å²) in [5.41, 5.74) is 1.11. The Morgan fingerprint density at radius 2 is 2.00 bits per heavy atom. The summed E-state index contributed by atoms with van der Waals surface area (Å²) in [7, 11) is 0. The number of carboxylic acids is 1. The summed E-state index contributed by atoms with van der Waals surface area (Å²) in [6.45, 7) is 6.36. The molecule has 5 heteroatoms. The fraction of sp³-hybridized carbons (Fsp3) is 0.500. The maximum Gasteiger partial charge on any atom is 0.304 e. The topological polar surface area (TPSA) is 58.6 Å². The van der Waals surface area contributed by atoms with Gasteiger partial charge in [-0.2, -0.15) is 0 Å². The van der Waals surface area contributed by atoms with Gasteiger partial charge in [0.15, 0.2) is 0 Å². The molecule has 0 aromatic heterocycles. The first-order valence-electron chi connectivity index (χ1n) is 7.90. The van der Waals surface area contributed by atoms with Gasteiger partial charge in [-0.25, -0.2) is 0 Å². The average Bonchev–Trinajstić information content (AvgIpc) is 2.48. The molecule has 1 rings (SSSR count). The van der Waals surface area contributed by atoms with Gasteiger partial charge in [0.05, 0.1) is 13.0 Å². The lowest BCUT2D eigenvalue weighted by atomic mass is 10.1. The monoisotopic (exact) mass is 341 g/mol. The summed E-state index contributed by atoms with van der Waals surface area (Å²) in [6, 6.07) is 8.00. The molecule has 0 amide bonds. The molecule has 0 aliphatic rings. The first-order chi connectivity index (χ1) is 10.6. The highest BCUT2D eigenvalue weighted by Gasteiger charge is 1.97. The maximum absolute atomic E-state index is 10.3. The molecular weight excluding hydrogens is 314 g/mol. The van der Waals surface area contributed by atoms with Crippen molar-refractivity contribution < 1.29 is 14.6 Å². The van der Waals surface area contributed by atoms with Crippen molar-refractivity contribution in [3.05, 3.63) is 35.9 Å². The lowest BCUT2D eigenvalue weighted by Crippen LogP contribution is -2.17. The van der Waals surface area contributed by atoms with E-state index in [-0.39, 0.29) is 18.8 Å². The second-order valence-corrected chi connectivity index (χ2v) is 5.70. The summed E-state index contributed by atoms with van der Waals surface area (Å²) in [5, 5.41) is 11.6. The fourth-order valence-electron chi connectivity index (χ4n) is 1.93. The van der Waals surface area contributed by atoms with E-state index < -0.39 is 5.97 Å². The number of rotatable bonds is 11. The van der Waals surface area contributed by atoms with Gasteiger partial charge in [0.1, 0.15) is 5.75 Å². The van der Waals surface area contributed by atoms with Gasteiger partial charge in [0, 0.05) is 13.1 Å². The van der Waals surface area contributed by atoms with Crippen molar-refractivity contribution in [1.82, 2.24) is 5.32 Å². The summed E-state index contributed by atoms with van der Waals surface area (Å²) in [5.74, 6) is 0.848. The molecule has 0 saturated heterocycles. The molecule has 130 valence electrons. The molecule has 1 aromatic rings. The van der Waals surface area contributed by atoms with Crippen molar-refractivity contribution in [2.45, 2.75) is 33.1 Å². The Labute approximate surface area is 145 Å². The molecule has 0 radical (unpaired) electrons. The summed E-state index contributed by atoms with van der Waals surface area (Å²) >= 11 is 0. The van der Waals surface area contributed by atoms with Crippen LogP contribution in [0.3, 0.4) is 0 Å². The van der Waals surface area contributed by atoms with Crippen LogP contribution in [0.1, 0.15) is 38.7 Å². The Morgan fingerprint density at radius 1 is 1.30 bits per heavy atom. The van der Waals surface area contributed by atoms with Crippen LogP contribution in [0.5, 0.6) is 5.75 Å². The average molecular weight is 342 g/mol. The highest BCUT2D eigenvalue weighted by Crippen LogP contribution is 2.14. The number of aliphatic carboxylic acids is 1. The van der Waals surface area contributed by atoms with Gasteiger partial charge in [0.2, 0.25) is 0 Å². The summed E-state index contributed by atoms with van der Waals surface area (Å²) in [4.78, 5) is 10.3. The molecule has 0 aliphatic heterocycles. The second-order valence-electron chi connectivity index (χ2n) is 5.70. The van der Waals surface area contributed by atoms with Crippen LogP contribution in [0, 0.1) is 5.92 Å². The van der Waals surface area contributed by atoms with E-state index in [1.54, 1.807) is 0 Å². The molecule has 23 heavy (non-hydrogen) atoms. The van der Waals surface area contributed by atoms with Crippen molar-refractivity contribution in [2.24, 2.45) is 5.92 Å². The van der Waals surface area contributed by atoms with Crippen LogP contribution >= 0.6 is 12.4 Å². The minimum atomic E-state index is -0.777. The van der Waals surface area contributed by atoms with Crippen LogP contribution in [0.15, 0.2) is 30.3 Å². The van der Waals surface area contributed by atoms with Crippen molar-refractivity contribution in [1.29, 1.82) is 0 Å². The van der Waals surface area contributed by atoms with Gasteiger partial charge in [0.25, 0.3) is 0 Å². The molecule has 0 atom stereocenters.